The molecule has 0 aliphatic carbocycles. The molecule has 0 bridgehead atoms. The van der Waals surface area contributed by atoms with Crippen molar-refractivity contribution < 1.29 is 9.59 Å². The smallest absolute Gasteiger partial charge is 0.232 e. The molecule has 37 heavy (non-hydrogen) atoms. The van der Waals surface area contributed by atoms with Crippen molar-refractivity contribution in [2.24, 2.45) is 11.8 Å². The minimum atomic E-state index is -0.318. The number of rotatable bonds is 9. The molecule has 5 nitrogen and oxygen atoms in total. The highest BCUT2D eigenvalue weighted by molar-refractivity contribution is 6.04. The molecule has 2 heterocycles. The lowest BCUT2D eigenvalue weighted by Gasteiger charge is -2.33. The van der Waals surface area contributed by atoms with Gasteiger partial charge < -0.3 is 14.7 Å². The number of likely N-dealkylation sites (tertiary alicyclic amines) is 1. The predicted molar refractivity (Wildman–Crippen MR) is 150 cm³/mol. The van der Waals surface area contributed by atoms with Gasteiger partial charge in [0, 0.05) is 30.9 Å². The molecular weight excluding hydrogens is 458 g/mol. The van der Waals surface area contributed by atoms with Crippen molar-refractivity contribution in [1.29, 1.82) is 0 Å². The predicted octanol–water partition coefficient (Wildman–Crippen LogP) is 5.42. The number of hydrogen-bond donors (Lipinski definition) is 0. The number of carbonyl (C=O) groups excluding carboxylic acids is 2. The standard InChI is InChI=1S/C32H37N3O2/c36-31-24-28(25-35(31)30-15-8-3-9-16-30)32(37)34(29-13-6-2-7-14-29)20-10-19-33-21-17-27(18-22-33)23-26-11-4-1-5-12-26/h1-9,11-16,27-28H,10,17-25H2. The van der Waals surface area contributed by atoms with Gasteiger partial charge >= 0.3 is 0 Å². The molecule has 0 spiro atoms. The van der Waals surface area contributed by atoms with Gasteiger partial charge in [0.15, 0.2) is 0 Å². The van der Waals surface area contributed by atoms with Gasteiger partial charge in [-0.05, 0) is 81.1 Å². The molecule has 2 fully saturated rings. The van der Waals surface area contributed by atoms with Gasteiger partial charge in [-0.2, -0.15) is 0 Å². The lowest BCUT2D eigenvalue weighted by Crippen LogP contribution is -2.40. The second-order valence-electron chi connectivity index (χ2n) is 10.4. The van der Waals surface area contributed by atoms with Gasteiger partial charge in [0.1, 0.15) is 0 Å². The van der Waals surface area contributed by atoms with Gasteiger partial charge in [-0.3, -0.25) is 9.59 Å². The van der Waals surface area contributed by atoms with Crippen LogP contribution in [0.15, 0.2) is 91.0 Å². The molecular formula is C32H37N3O2. The molecule has 2 amide bonds. The van der Waals surface area contributed by atoms with Gasteiger partial charge in [-0.1, -0.05) is 66.7 Å². The maximum atomic E-state index is 13.7. The Morgan fingerprint density at radius 3 is 2.14 bits per heavy atom. The summed E-state index contributed by atoms with van der Waals surface area (Å²) in [5.74, 6) is 0.519. The van der Waals surface area contributed by atoms with E-state index >= 15 is 0 Å². The molecule has 2 aliphatic heterocycles. The number of anilines is 2. The Hall–Kier alpha value is -3.44. The Labute approximate surface area is 220 Å². The Morgan fingerprint density at radius 2 is 1.46 bits per heavy atom. The van der Waals surface area contributed by atoms with Crippen LogP contribution in [-0.4, -0.2) is 49.4 Å². The van der Waals surface area contributed by atoms with E-state index in [9.17, 15) is 9.59 Å². The summed E-state index contributed by atoms with van der Waals surface area (Å²) >= 11 is 0. The molecule has 192 valence electrons. The van der Waals surface area contributed by atoms with Gasteiger partial charge in [-0.15, -0.1) is 0 Å². The summed E-state index contributed by atoms with van der Waals surface area (Å²) in [4.78, 5) is 32.7. The first kappa shape index (κ1) is 25.2. The fourth-order valence-electron chi connectivity index (χ4n) is 5.74. The third kappa shape index (κ3) is 6.47. The molecule has 3 aromatic carbocycles. The first-order valence-corrected chi connectivity index (χ1v) is 13.7. The summed E-state index contributed by atoms with van der Waals surface area (Å²) in [5.41, 5.74) is 3.22. The largest absolute Gasteiger partial charge is 0.312 e. The van der Waals surface area contributed by atoms with Crippen molar-refractivity contribution in [1.82, 2.24) is 4.90 Å². The van der Waals surface area contributed by atoms with E-state index < -0.39 is 0 Å². The van der Waals surface area contributed by atoms with Gasteiger partial charge in [0.05, 0.1) is 5.92 Å². The number of para-hydroxylation sites is 2. The fraction of sp³-hybridized carbons (Fsp3) is 0.375. The number of benzene rings is 3. The number of piperidine rings is 1. The van der Waals surface area contributed by atoms with Crippen molar-refractivity contribution in [2.45, 2.75) is 32.1 Å². The van der Waals surface area contributed by atoms with Crippen LogP contribution in [0.3, 0.4) is 0 Å². The summed E-state index contributed by atoms with van der Waals surface area (Å²) in [7, 11) is 0. The van der Waals surface area contributed by atoms with Crippen LogP contribution >= 0.6 is 0 Å². The zero-order valence-corrected chi connectivity index (χ0v) is 21.5. The molecule has 1 atom stereocenters. The first-order chi connectivity index (χ1) is 18.2. The molecule has 1 unspecified atom stereocenters. The molecule has 0 saturated carbocycles. The highest BCUT2D eigenvalue weighted by Crippen LogP contribution is 2.28. The van der Waals surface area contributed by atoms with Crippen molar-refractivity contribution >= 4 is 23.2 Å². The van der Waals surface area contributed by atoms with E-state index in [1.165, 1.54) is 24.8 Å². The second kappa shape index (κ2) is 12.2. The average molecular weight is 496 g/mol. The van der Waals surface area contributed by atoms with E-state index in [2.05, 4.69) is 35.2 Å². The van der Waals surface area contributed by atoms with Crippen molar-refractivity contribution in [3.8, 4) is 0 Å². The summed E-state index contributed by atoms with van der Waals surface area (Å²) in [6.45, 7) is 4.36. The van der Waals surface area contributed by atoms with Crippen molar-refractivity contribution in [3.63, 3.8) is 0 Å². The minimum Gasteiger partial charge on any atom is -0.312 e. The molecule has 5 rings (SSSR count). The SMILES string of the molecule is O=C1CC(C(=O)N(CCCN2CCC(Cc3ccccc3)CC2)c2ccccc2)CN1c1ccccc1. The third-order valence-corrected chi connectivity index (χ3v) is 7.81. The minimum absolute atomic E-state index is 0.0240. The molecule has 5 heteroatoms. The number of hydrogen-bond acceptors (Lipinski definition) is 3. The van der Waals surface area contributed by atoms with E-state index in [0.29, 0.717) is 13.1 Å². The quantitative estimate of drug-likeness (QED) is 0.398. The van der Waals surface area contributed by atoms with E-state index in [-0.39, 0.29) is 24.2 Å². The lowest BCUT2D eigenvalue weighted by atomic mass is 9.90. The molecule has 3 aromatic rings. The van der Waals surface area contributed by atoms with Crippen LogP contribution in [0.1, 0.15) is 31.2 Å². The third-order valence-electron chi connectivity index (χ3n) is 7.81. The maximum Gasteiger partial charge on any atom is 0.232 e. The van der Waals surface area contributed by atoms with Gasteiger partial charge in [0.2, 0.25) is 11.8 Å². The van der Waals surface area contributed by atoms with Crippen LogP contribution in [0.5, 0.6) is 0 Å². The highest BCUT2D eigenvalue weighted by atomic mass is 16.2. The van der Waals surface area contributed by atoms with Crippen LogP contribution in [0, 0.1) is 11.8 Å². The molecule has 2 aliphatic rings. The zero-order valence-electron chi connectivity index (χ0n) is 21.5. The normalized spacial score (nSPS) is 18.8. The van der Waals surface area contributed by atoms with Crippen LogP contribution in [-0.2, 0) is 16.0 Å². The van der Waals surface area contributed by atoms with E-state index in [1.807, 2.05) is 65.6 Å². The topological polar surface area (TPSA) is 43.9 Å². The maximum absolute atomic E-state index is 13.7. The van der Waals surface area contributed by atoms with E-state index in [0.717, 1.165) is 43.3 Å². The lowest BCUT2D eigenvalue weighted by molar-refractivity contribution is -0.124. The summed E-state index contributed by atoms with van der Waals surface area (Å²) in [6.07, 6.45) is 4.83. The number of amides is 2. The highest BCUT2D eigenvalue weighted by Gasteiger charge is 2.37. The van der Waals surface area contributed by atoms with Crippen LogP contribution in [0.25, 0.3) is 0 Å². The summed E-state index contributed by atoms with van der Waals surface area (Å²) in [5, 5.41) is 0. The van der Waals surface area contributed by atoms with Crippen LogP contribution in [0.4, 0.5) is 11.4 Å². The van der Waals surface area contributed by atoms with Crippen LogP contribution < -0.4 is 9.80 Å². The van der Waals surface area contributed by atoms with Crippen LogP contribution in [0.2, 0.25) is 0 Å². The molecule has 0 N–H and O–H groups in total. The number of nitrogens with zero attached hydrogens (tertiary/aromatic N) is 3. The Kier molecular flexibility index (Phi) is 8.32. The Balaban J connectivity index is 1.15. The molecule has 2 saturated heterocycles. The molecule has 0 aromatic heterocycles. The fourth-order valence-corrected chi connectivity index (χ4v) is 5.74. The average Bonchev–Trinajstić information content (AvgIpc) is 3.35. The first-order valence-electron chi connectivity index (χ1n) is 13.7. The zero-order chi connectivity index (χ0) is 25.5. The summed E-state index contributed by atoms with van der Waals surface area (Å²) in [6, 6.07) is 30.4. The number of carbonyl (C=O) groups is 2. The monoisotopic (exact) mass is 495 g/mol. The van der Waals surface area contributed by atoms with Crippen molar-refractivity contribution in [3.05, 3.63) is 96.6 Å². The second-order valence-corrected chi connectivity index (χ2v) is 10.4. The van der Waals surface area contributed by atoms with E-state index in [1.54, 1.807) is 4.90 Å². The van der Waals surface area contributed by atoms with E-state index in [4.69, 9.17) is 0 Å². The van der Waals surface area contributed by atoms with Gasteiger partial charge in [0.25, 0.3) is 0 Å². The Morgan fingerprint density at radius 1 is 0.838 bits per heavy atom. The van der Waals surface area contributed by atoms with Gasteiger partial charge in [-0.25, -0.2) is 0 Å². The molecule has 0 radical (unpaired) electrons. The summed E-state index contributed by atoms with van der Waals surface area (Å²) < 4.78 is 0. The Bertz CT molecular complexity index is 1140. The van der Waals surface area contributed by atoms with Crippen molar-refractivity contribution in [2.75, 3.05) is 42.5 Å².